The van der Waals surface area contributed by atoms with Crippen LogP contribution in [0.3, 0.4) is 0 Å². The Labute approximate surface area is 158 Å². The molecule has 4 nitrogen and oxygen atoms in total. The summed E-state index contributed by atoms with van der Waals surface area (Å²) in [6.45, 7) is 11.3. The summed E-state index contributed by atoms with van der Waals surface area (Å²) in [5.74, 6) is 1.19. The minimum Gasteiger partial charge on any atom is -0.462 e. The molecule has 0 unspecified atom stereocenters. The van der Waals surface area contributed by atoms with Crippen molar-refractivity contribution in [1.29, 1.82) is 0 Å². The van der Waals surface area contributed by atoms with Crippen molar-refractivity contribution in [3.8, 4) is 0 Å². The van der Waals surface area contributed by atoms with Gasteiger partial charge in [0.15, 0.2) is 0 Å². The van der Waals surface area contributed by atoms with E-state index in [1.165, 1.54) is 32.1 Å². The van der Waals surface area contributed by atoms with E-state index in [9.17, 15) is 4.79 Å². The van der Waals surface area contributed by atoms with E-state index in [0.717, 1.165) is 39.1 Å². The Hall–Kier alpha value is -0.610. The van der Waals surface area contributed by atoms with Crippen LogP contribution in [0.15, 0.2) is 0 Å². The molecule has 0 radical (unpaired) electrons. The highest BCUT2D eigenvalue weighted by Crippen LogP contribution is 2.62. The highest BCUT2D eigenvalue weighted by molar-refractivity contribution is 5.75. The fraction of sp³-hybridized carbons (Fsp3) is 0.955. The van der Waals surface area contributed by atoms with Gasteiger partial charge >= 0.3 is 5.97 Å². The molecule has 5 aliphatic rings. The second kappa shape index (κ2) is 5.70. The van der Waals surface area contributed by atoms with Gasteiger partial charge in [-0.1, -0.05) is 20.8 Å². The van der Waals surface area contributed by atoms with Crippen molar-refractivity contribution in [3.05, 3.63) is 0 Å². The Balaban J connectivity index is 1.34. The number of esters is 1. The van der Waals surface area contributed by atoms with Crippen molar-refractivity contribution in [2.45, 2.75) is 77.4 Å². The molecule has 5 fully saturated rings. The lowest BCUT2D eigenvalue weighted by atomic mass is 9.53. The molecule has 0 bridgehead atoms. The number of ether oxygens (including phenoxy) is 2. The van der Waals surface area contributed by atoms with Crippen molar-refractivity contribution in [3.63, 3.8) is 0 Å². The number of hydrogen-bond acceptors (Lipinski definition) is 4. The normalized spacial score (nSPS) is 50.2. The van der Waals surface area contributed by atoms with E-state index in [1.807, 2.05) is 0 Å². The molecule has 2 saturated carbocycles. The molecule has 6 atom stereocenters. The number of nitrogens with zero attached hydrogens (tertiary/aromatic N) is 1. The van der Waals surface area contributed by atoms with Crippen LogP contribution < -0.4 is 0 Å². The number of hydrogen-bond donors (Lipinski definition) is 0. The summed E-state index contributed by atoms with van der Waals surface area (Å²) in [7, 11) is 0. The molecular weight excluding hydrogens is 326 g/mol. The molecule has 0 N–H and O–H groups in total. The first-order valence-electron chi connectivity index (χ1n) is 10.9. The third-order valence-electron chi connectivity index (χ3n) is 8.51. The molecule has 0 aromatic rings. The predicted molar refractivity (Wildman–Crippen MR) is 99.7 cm³/mol. The van der Waals surface area contributed by atoms with E-state index in [1.54, 1.807) is 0 Å². The van der Waals surface area contributed by atoms with Gasteiger partial charge < -0.3 is 14.4 Å². The largest absolute Gasteiger partial charge is 0.462 e. The van der Waals surface area contributed by atoms with E-state index in [0.29, 0.717) is 22.7 Å². The quantitative estimate of drug-likeness (QED) is 0.556. The standard InChI is InChI=1S/C22H35NO3/c1-20(2)6-5-9-23(13-20)12-16-15-10-18-21(3,11-17(15)26-19(16)24)7-4-8-22(18)14-25-22/h15-18H,4-14H2,1-3H3/t15-,16+,17-,18-,21-,22+/m1/s1. The van der Waals surface area contributed by atoms with Gasteiger partial charge in [-0.25, -0.2) is 0 Å². The van der Waals surface area contributed by atoms with Crippen molar-refractivity contribution in [2.75, 3.05) is 26.2 Å². The molecule has 3 aliphatic heterocycles. The summed E-state index contributed by atoms with van der Waals surface area (Å²) in [6, 6.07) is 0. The zero-order valence-electron chi connectivity index (χ0n) is 16.8. The van der Waals surface area contributed by atoms with Crippen molar-refractivity contribution >= 4 is 5.97 Å². The molecule has 2 aliphatic carbocycles. The summed E-state index contributed by atoms with van der Waals surface area (Å²) in [6.07, 6.45) is 8.66. The monoisotopic (exact) mass is 361 g/mol. The van der Waals surface area contributed by atoms with E-state index >= 15 is 0 Å². The van der Waals surface area contributed by atoms with E-state index in [4.69, 9.17) is 9.47 Å². The van der Waals surface area contributed by atoms with Gasteiger partial charge in [-0.15, -0.1) is 0 Å². The highest BCUT2D eigenvalue weighted by atomic mass is 16.6. The van der Waals surface area contributed by atoms with Gasteiger partial charge in [0.2, 0.25) is 0 Å². The summed E-state index contributed by atoms with van der Waals surface area (Å²) in [4.78, 5) is 15.3. The van der Waals surface area contributed by atoms with Crippen molar-refractivity contribution < 1.29 is 14.3 Å². The highest BCUT2D eigenvalue weighted by Gasteiger charge is 2.65. The van der Waals surface area contributed by atoms with Gasteiger partial charge in [0.1, 0.15) is 6.10 Å². The van der Waals surface area contributed by atoms with E-state index in [-0.39, 0.29) is 23.6 Å². The van der Waals surface area contributed by atoms with Gasteiger partial charge in [-0.3, -0.25) is 4.79 Å². The van der Waals surface area contributed by atoms with Crippen LogP contribution in [0, 0.1) is 28.6 Å². The smallest absolute Gasteiger partial charge is 0.310 e. The number of likely N-dealkylation sites (tertiary alicyclic amines) is 1. The van der Waals surface area contributed by atoms with Gasteiger partial charge in [0.25, 0.3) is 0 Å². The van der Waals surface area contributed by atoms with Crippen LogP contribution in [0.5, 0.6) is 0 Å². The first-order valence-corrected chi connectivity index (χ1v) is 10.9. The molecule has 3 heterocycles. The maximum Gasteiger partial charge on any atom is 0.310 e. The minimum absolute atomic E-state index is 0.0798. The van der Waals surface area contributed by atoms with Gasteiger partial charge in [0.05, 0.1) is 18.1 Å². The zero-order valence-corrected chi connectivity index (χ0v) is 16.8. The zero-order chi connectivity index (χ0) is 18.2. The Morgan fingerprint density at radius 1 is 1.15 bits per heavy atom. The number of piperidine rings is 1. The van der Waals surface area contributed by atoms with Gasteiger partial charge in [0, 0.05) is 19.0 Å². The lowest BCUT2D eigenvalue weighted by Crippen LogP contribution is -2.51. The number of rotatable bonds is 2. The summed E-state index contributed by atoms with van der Waals surface area (Å²) in [5, 5.41) is 0. The average molecular weight is 362 g/mol. The van der Waals surface area contributed by atoms with E-state index < -0.39 is 0 Å². The van der Waals surface area contributed by atoms with Gasteiger partial charge in [-0.2, -0.15) is 0 Å². The van der Waals surface area contributed by atoms with Crippen LogP contribution in [0.1, 0.15) is 65.7 Å². The number of fused-ring (bicyclic) bond motifs is 3. The Bertz CT molecular complexity index is 598. The lowest BCUT2D eigenvalue weighted by molar-refractivity contribution is -0.147. The minimum atomic E-state index is 0.0798. The summed E-state index contributed by atoms with van der Waals surface area (Å²) >= 11 is 0. The van der Waals surface area contributed by atoms with Crippen molar-refractivity contribution in [2.24, 2.45) is 28.6 Å². The molecule has 26 heavy (non-hydrogen) atoms. The van der Waals surface area contributed by atoms with Crippen LogP contribution in [0.2, 0.25) is 0 Å². The Kier molecular flexibility index (Phi) is 3.83. The predicted octanol–water partition coefficient (Wildman–Crippen LogP) is 3.64. The van der Waals surface area contributed by atoms with Crippen LogP contribution in [-0.4, -0.2) is 48.8 Å². The Morgan fingerprint density at radius 3 is 2.69 bits per heavy atom. The molecule has 0 aromatic heterocycles. The number of epoxide rings is 1. The molecule has 1 spiro atoms. The Morgan fingerprint density at radius 2 is 1.96 bits per heavy atom. The molecule has 0 amide bonds. The molecule has 146 valence electrons. The molecule has 4 heteroatoms. The fourth-order valence-corrected chi connectivity index (χ4v) is 7.14. The van der Waals surface area contributed by atoms with Crippen LogP contribution in [0.25, 0.3) is 0 Å². The first-order chi connectivity index (χ1) is 12.3. The molecule has 3 saturated heterocycles. The maximum atomic E-state index is 12.8. The summed E-state index contributed by atoms with van der Waals surface area (Å²) < 4.78 is 12.0. The van der Waals surface area contributed by atoms with Crippen LogP contribution in [0.4, 0.5) is 0 Å². The van der Waals surface area contributed by atoms with Crippen LogP contribution >= 0.6 is 0 Å². The van der Waals surface area contributed by atoms with Gasteiger partial charge in [-0.05, 0) is 68.2 Å². The van der Waals surface area contributed by atoms with E-state index in [2.05, 4.69) is 25.7 Å². The second-order valence-corrected chi connectivity index (χ2v) is 11.1. The van der Waals surface area contributed by atoms with Crippen LogP contribution in [-0.2, 0) is 14.3 Å². The number of carbonyl (C=O) groups is 1. The lowest BCUT2D eigenvalue weighted by Gasteiger charge is -2.51. The molecule has 0 aromatic carbocycles. The average Bonchev–Trinajstić information content (AvgIpc) is 3.25. The summed E-state index contributed by atoms with van der Waals surface area (Å²) in [5.41, 5.74) is 0.833. The SMILES string of the molecule is CC1(C)CCCN(C[C@@H]2C(=O)O[C@@H]3C[C@@]4(C)CCC[C@]5(CO5)[C@@H]4C[C@H]23)C1. The topological polar surface area (TPSA) is 42.1 Å². The number of carbonyl (C=O) groups excluding carboxylic acids is 1. The third kappa shape index (κ3) is 2.74. The maximum absolute atomic E-state index is 12.8. The third-order valence-corrected chi connectivity index (χ3v) is 8.51. The second-order valence-electron chi connectivity index (χ2n) is 11.1. The first kappa shape index (κ1) is 17.5. The molecule has 5 rings (SSSR count). The molecular formula is C22H35NO3. The van der Waals surface area contributed by atoms with Crippen molar-refractivity contribution in [1.82, 2.24) is 4.90 Å². The fourth-order valence-electron chi connectivity index (χ4n) is 7.14.